The first-order valence-electron chi connectivity index (χ1n) is 4.03. The number of rotatable bonds is 2. The monoisotopic (exact) mass is 170 g/mol. The van der Waals surface area contributed by atoms with Crippen molar-refractivity contribution in [3.63, 3.8) is 0 Å². The van der Waals surface area contributed by atoms with Crippen LogP contribution in [-0.4, -0.2) is 16.8 Å². The molecule has 1 aliphatic rings. The van der Waals surface area contributed by atoms with Crippen LogP contribution < -0.4 is 0 Å². The summed E-state index contributed by atoms with van der Waals surface area (Å²) in [5.41, 5.74) is 0.712. The maximum atomic E-state index is 11.4. The number of thioether (sulfide) groups is 1. The first kappa shape index (κ1) is 8.85. The van der Waals surface area contributed by atoms with Crippen molar-refractivity contribution in [2.75, 3.05) is 5.75 Å². The Balaban J connectivity index is 2.45. The van der Waals surface area contributed by atoms with Gasteiger partial charge in [-0.3, -0.25) is 4.79 Å². The minimum Gasteiger partial charge on any atom is -0.293 e. The van der Waals surface area contributed by atoms with E-state index in [1.807, 2.05) is 0 Å². The molecule has 1 heterocycles. The van der Waals surface area contributed by atoms with Gasteiger partial charge in [-0.2, -0.15) is 11.8 Å². The first-order valence-corrected chi connectivity index (χ1v) is 5.08. The topological polar surface area (TPSA) is 17.1 Å². The van der Waals surface area contributed by atoms with Crippen LogP contribution in [0.1, 0.15) is 26.2 Å². The van der Waals surface area contributed by atoms with Crippen LogP contribution in [-0.2, 0) is 4.79 Å². The molecule has 1 saturated heterocycles. The summed E-state index contributed by atoms with van der Waals surface area (Å²) >= 11 is 1.79. The summed E-state index contributed by atoms with van der Waals surface area (Å²) < 4.78 is 0. The highest BCUT2D eigenvalue weighted by Crippen LogP contribution is 2.26. The predicted molar refractivity (Wildman–Crippen MR) is 49.9 cm³/mol. The van der Waals surface area contributed by atoms with Crippen molar-refractivity contribution in [2.24, 2.45) is 0 Å². The second-order valence-electron chi connectivity index (χ2n) is 3.00. The lowest BCUT2D eigenvalue weighted by Crippen LogP contribution is -2.21. The van der Waals surface area contributed by atoms with E-state index < -0.39 is 0 Å². The van der Waals surface area contributed by atoms with E-state index in [1.54, 1.807) is 18.7 Å². The molecule has 1 rings (SSSR count). The Morgan fingerprint density at radius 1 is 1.55 bits per heavy atom. The highest BCUT2D eigenvalue weighted by Gasteiger charge is 2.21. The smallest absolute Gasteiger partial charge is 0.170 e. The van der Waals surface area contributed by atoms with Gasteiger partial charge in [-0.15, -0.1) is 0 Å². The number of carbonyl (C=O) groups excluding carboxylic acids is 1. The van der Waals surface area contributed by atoms with Gasteiger partial charge in [-0.05, 0) is 31.1 Å². The van der Waals surface area contributed by atoms with Crippen LogP contribution in [0.3, 0.4) is 0 Å². The van der Waals surface area contributed by atoms with Gasteiger partial charge in [0.2, 0.25) is 0 Å². The molecule has 1 atom stereocenters. The summed E-state index contributed by atoms with van der Waals surface area (Å²) in [5, 5.41) is 0.223. The standard InChI is InChI=1S/C9H14OS/c1-7(2)9(10)8-5-3-4-6-11-8/h8H,1,3-6H2,2H3. The number of Topliss-reactive ketones (excluding diaryl/α,β-unsaturated/α-hetero) is 1. The van der Waals surface area contributed by atoms with E-state index in [4.69, 9.17) is 0 Å². The Kier molecular flexibility index (Phi) is 3.18. The van der Waals surface area contributed by atoms with Crippen LogP contribution in [0.15, 0.2) is 12.2 Å². The van der Waals surface area contributed by atoms with Gasteiger partial charge >= 0.3 is 0 Å². The molecular weight excluding hydrogens is 156 g/mol. The van der Waals surface area contributed by atoms with Crippen molar-refractivity contribution < 1.29 is 4.79 Å². The second kappa shape index (κ2) is 3.96. The van der Waals surface area contributed by atoms with E-state index in [1.165, 1.54) is 12.8 Å². The van der Waals surface area contributed by atoms with Crippen molar-refractivity contribution in [2.45, 2.75) is 31.4 Å². The Bertz CT molecular complexity index is 168. The summed E-state index contributed by atoms with van der Waals surface area (Å²) in [4.78, 5) is 11.4. The zero-order chi connectivity index (χ0) is 8.27. The molecule has 2 heteroatoms. The lowest BCUT2D eigenvalue weighted by molar-refractivity contribution is -0.115. The van der Waals surface area contributed by atoms with E-state index in [9.17, 15) is 4.79 Å². The van der Waals surface area contributed by atoms with Gasteiger partial charge in [-0.1, -0.05) is 13.0 Å². The SMILES string of the molecule is C=C(C)C(=O)C1CCCCS1. The summed E-state index contributed by atoms with van der Waals surface area (Å²) in [6.07, 6.45) is 3.53. The molecule has 0 aliphatic carbocycles. The maximum absolute atomic E-state index is 11.4. The van der Waals surface area contributed by atoms with Crippen molar-refractivity contribution in [3.8, 4) is 0 Å². The summed E-state index contributed by atoms with van der Waals surface area (Å²) in [6.45, 7) is 5.47. The quantitative estimate of drug-likeness (QED) is 0.592. The van der Waals surface area contributed by atoms with Gasteiger partial charge in [0.15, 0.2) is 5.78 Å². The van der Waals surface area contributed by atoms with Crippen molar-refractivity contribution in [1.82, 2.24) is 0 Å². The zero-order valence-corrected chi connectivity index (χ0v) is 7.75. The fraction of sp³-hybridized carbons (Fsp3) is 0.667. The van der Waals surface area contributed by atoms with Gasteiger partial charge in [0.25, 0.3) is 0 Å². The molecule has 0 amide bonds. The van der Waals surface area contributed by atoms with Gasteiger partial charge < -0.3 is 0 Å². The van der Waals surface area contributed by atoms with Crippen LogP contribution in [0.4, 0.5) is 0 Å². The molecule has 0 N–H and O–H groups in total. The van der Waals surface area contributed by atoms with Crippen molar-refractivity contribution in [1.29, 1.82) is 0 Å². The van der Waals surface area contributed by atoms with E-state index in [-0.39, 0.29) is 11.0 Å². The lowest BCUT2D eigenvalue weighted by atomic mass is 10.1. The fourth-order valence-corrected chi connectivity index (χ4v) is 2.56. The van der Waals surface area contributed by atoms with Gasteiger partial charge in [0.1, 0.15) is 0 Å². The van der Waals surface area contributed by atoms with Crippen LogP contribution in [0.5, 0.6) is 0 Å². The number of ketones is 1. The molecule has 1 fully saturated rings. The van der Waals surface area contributed by atoms with E-state index in [0.29, 0.717) is 5.57 Å². The van der Waals surface area contributed by atoms with Gasteiger partial charge in [0.05, 0.1) is 5.25 Å². The van der Waals surface area contributed by atoms with E-state index in [2.05, 4.69) is 6.58 Å². The molecule has 62 valence electrons. The molecule has 0 saturated carbocycles. The molecule has 0 bridgehead atoms. The van der Waals surface area contributed by atoms with Crippen LogP contribution >= 0.6 is 11.8 Å². The minimum atomic E-state index is 0.223. The third-order valence-electron chi connectivity index (χ3n) is 1.89. The molecular formula is C9H14OS. The Labute approximate surface area is 72.2 Å². The first-order chi connectivity index (χ1) is 5.22. The third kappa shape index (κ3) is 2.37. The van der Waals surface area contributed by atoms with Crippen molar-refractivity contribution >= 4 is 17.5 Å². The molecule has 0 spiro atoms. The van der Waals surface area contributed by atoms with E-state index >= 15 is 0 Å². The normalized spacial score (nSPS) is 24.6. The Morgan fingerprint density at radius 3 is 2.73 bits per heavy atom. The number of hydrogen-bond donors (Lipinski definition) is 0. The summed E-state index contributed by atoms with van der Waals surface area (Å²) in [7, 11) is 0. The molecule has 1 nitrogen and oxygen atoms in total. The highest BCUT2D eigenvalue weighted by molar-refractivity contribution is 8.00. The van der Waals surface area contributed by atoms with Crippen LogP contribution in [0.25, 0.3) is 0 Å². The van der Waals surface area contributed by atoms with Crippen molar-refractivity contribution in [3.05, 3.63) is 12.2 Å². The third-order valence-corrected chi connectivity index (χ3v) is 3.27. The molecule has 1 unspecified atom stereocenters. The average molecular weight is 170 g/mol. The molecule has 0 radical (unpaired) electrons. The largest absolute Gasteiger partial charge is 0.293 e. The zero-order valence-electron chi connectivity index (χ0n) is 6.93. The summed E-state index contributed by atoms with van der Waals surface area (Å²) in [5.74, 6) is 1.40. The fourth-order valence-electron chi connectivity index (χ4n) is 1.22. The highest BCUT2D eigenvalue weighted by atomic mass is 32.2. The molecule has 0 aromatic carbocycles. The second-order valence-corrected chi connectivity index (χ2v) is 4.31. The van der Waals surface area contributed by atoms with Gasteiger partial charge in [-0.25, -0.2) is 0 Å². The summed E-state index contributed by atoms with van der Waals surface area (Å²) in [6, 6.07) is 0. The minimum absolute atomic E-state index is 0.223. The lowest BCUT2D eigenvalue weighted by Gasteiger charge is -2.19. The predicted octanol–water partition coefficient (Wildman–Crippen LogP) is 2.42. The maximum Gasteiger partial charge on any atom is 0.170 e. The van der Waals surface area contributed by atoms with Crippen LogP contribution in [0, 0.1) is 0 Å². The molecule has 1 aliphatic heterocycles. The average Bonchev–Trinajstić information content (AvgIpc) is 2.05. The van der Waals surface area contributed by atoms with Crippen LogP contribution in [0.2, 0.25) is 0 Å². The number of hydrogen-bond acceptors (Lipinski definition) is 2. The molecule has 0 aromatic heterocycles. The molecule has 11 heavy (non-hydrogen) atoms. The molecule has 0 aromatic rings. The number of carbonyl (C=O) groups is 1. The number of allylic oxidation sites excluding steroid dienone is 1. The van der Waals surface area contributed by atoms with Gasteiger partial charge in [0, 0.05) is 0 Å². The van der Waals surface area contributed by atoms with E-state index in [0.717, 1.165) is 12.2 Å². The Hall–Kier alpha value is -0.240. The Morgan fingerprint density at radius 2 is 2.27 bits per heavy atom.